The summed E-state index contributed by atoms with van der Waals surface area (Å²) >= 11 is 0. The Kier molecular flexibility index (Phi) is 2.88. The molecular formula is C14H24FN. The summed E-state index contributed by atoms with van der Waals surface area (Å²) in [6.07, 6.45) is 1.52. The molecule has 0 saturated carbocycles. The molecule has 16 heavy (non-hydrogen) atoms. The summed E-state index contributed by atoms with van der Waals surface area (Å²) in [5, 5.41) is 0. The summed E-state index contributed by atoms with van der Waals surface area (Å²) in [5.74, 6) is -0.265. The summed E-state index contributed by atoms with van der Waals surface area (Å²) in [7, 11) is 0. The molecule has 2 unspecified atom stereocenters. The van der Waals surface area contributed by atoms with Crippen LogP contribution >= 0.6 is 0 Å². The maximum atomic E-state index is 14.2. The van der Waals surface area contributed by atoms with Crippen LogP contribution < -0.4 is 5.73 Å². The third-order valence-electron chi connectivity index (χ3n) is 3.73. The lowest BCUT2D eigenvalue weighted by atomic mass is 9.56. The zero-order valence-corrected chi connectivity index (χ0v) is 11.3. The zero-order chi connectivity index (χ0) is 12.9. The highest BCUT2D eigenvalue weighted by Gasteiger charge is 2.49. The molecule has 0 aromatic heterocycles. The third kappa shape index (κ3) is 1.95. The van der Waals surface area contributed by atoms with Gasteiger partial charge >= 0.3 is 0 Å². The van der Waals surface area contributed by atoms with Gasteiger partial charge in [0.2, 0.25) is 0 Å². The van der Waals surface area contributed by atoms with Crippen LogP contribution in [0.5, 0.6) is 0 Å². The predicted octanol–water partition coefficient (Wildman–Crippen LogP) is 3.82. The molecule has 2 atom stereocenters. The Morgan fingerprint density at radius 1 is 1.31 bits per heavy atom. The Morgan fingerprint density at radius 2 is 1.75 bits per heavy atom. The molecule has 0 heterocycles. The van der Waals surface area contributed by atoms with Crippen molar-refractivity contribution in [2.75, 3.05) is 0 Å². The topological polar surface area (TPSA) is 26.0 Å². The van der Waals surface area contributed by atoms with E-state index in [2.05, 4.69) is 27.4 Å². The van der Waals surface area contributed by atoms with Crippen LogP contribution in [0.4, 0.5) is 4.39 Å². The molecule has 1 nitrogen and oxygen atoms in total. The van der Waals surface area contributed by atoms with E-state index >= 15 is 0 Å². The molecule has 0 saturated heterocycles. The first kappa shape index (κ1) is 13.4. The van der Waals surface area contributed by atoms with Crippen molar-refractivity contribution in [2.45, 2.75) is 47.1 Å². The lowest BCUT2D eigenvalue weighted by Crippen LogP contribution is -2.50. The molecule has 0 amide bonds. The molecule has 92 valence electrons. The molecule has 2 heteroatoms. The van der Waals surface area contributed by atoms with Crippen molar-refractivity contribution < 1.29 is 4.39 Å². The fourth-order valence-electron chi connectivity index (χ4n) is 3.17. The number of nitrogens with two attached hydrogens (primary N) is 1. The van der Waals surface area contributed by atoms with Gasteiger partial charge in [-0.3, -0.25) is 0 Å². The van der Waals surface area contributed by atoms with Crippen LogP contribution in [0.2, 0.25) is 0 Å². The van der Waals surface area contributed by atoms with Crippen LogP contribution in [-0.4, -0.2) is 5.54 Å². The van der Waals surface area contributed by atoms with Crippen molar-refractivity contribution in [1.29, 1.82) is 0 Å². The first-order valence-electron chi connectivity index (χ1n) is 5.77. The molecule has 0 aromatic rings. The summed E-state index contributed by atoms with van der Waals surface area (Å²) in [4.78, 5) is 0. The van der Waals surface area contributed by atoms with Gasteiger partial charge in [-0.05, 0) is 29.4 Å². The second kappa shape index (κ2) is 3.43. The van der Waals surface area contributed by atoms with Crippen molar-refractivity contribution in [3.05, 3.63) is 24.1 Å². The van der Waals surface area contributed by atoms with Crippen molar-refractivity contribution in [1.82, 2.24) is 0 Å². The van der Waals surface area contributed by atoms with E-state index in [1.165, 1.54) is 6.08 Å². The van der Waals surface area contributed by atoms with Crippen LogP contribution in [0.15, 0.2) is 24.1 Å². The zero-order valence-electron chi connectivity index (χ0n) is 11.3. The van der Waals surface area contributed by atoms with Gasteiger partial charge in [-0.15, -0.1) is 0 Å². The van der Waals surface area contributed by atoms with Crippen LogP contribution in [0.3, 0.4) is 0 Å². The second-order valence-corrected chi connectivity index (χ2v) is 6.81. The van der Waals surface area contributed by atoms with Crippen molar-refractivity contribution >= 4 is 0 Å². The molecule has 2 N–H and O–H groups in total. The Labute approximate surface area is 98.6 Å². The number of allylic oxidation sites excluding steroid dienone is 1. The standard InChI is InChI=1S/C14H24FN/c1-9-13(5,6)11(12(2,3)4)10(15)8-14(9,7)16/h8,11H,1,16H2,2-7H3. The van der Waals surface area contributed by atoms with E-state index in [-0.39, 0.29) is 22.6 Å². The molecular weight excluding hydrogens is 201 g/mol. The van der Waals surface area contributed by atoms with E-state index in [1.807, 2.05) is 20.8 Å². The second-order valence-electron chi connectivity index (χ2n) is 6.81. The highest BCUT2D eigenvalue weighted by Crippen LogP contribution is 2.54. The lowest BCUT2D eigenvalue weighted by Gasteiger charge is -2.50. The maximum Gasteiger partial charge on any atom is 0.103 e. The Balaban J connectivity index is 3.38. The van der Waals surface area contributed by atoms with Gasteiger partial charge in [-0.2, -0.15) is 0 Å². The van der Waals surface area contributed by atoms with Gasteiger partial charge in [-0.25, -0.2) is 4.39 Å². The highest BCUT2D eigenvalue weighted by atomic mass is 19.1. The molecule has 1 rings (SSSR count). The normalized spacial score (nSPS) is 34.9. The van der Waals surface area contributed by atoms with E-state index in [9.17, 15) is 4.39 Å². The SMILES string of the molecule is C=C1C(C)(N)C=C(F)C(C(C)(C)C)C1(C)C. The number of hydrogen-bond acceptors (Lipinski definition) is 1. The summed E-state index contributed by atoms with van der Waals surface area (Å²) in [6.45, 7) is 16.1. The van der Waals surface area contributed by atoms with Gasteiger partial charge in [0.05, 0.1) is 5.54 Å². The van der Waals surface area contributed by atoms with Gasteiger partial charge in [0.1, 0.15) is 5.83 Å². The number of rotatable bonds is 0. The summed E-state index contributed by atoms with van der Waals surface area (Å²) < 4.78 is 14.2. The van der Waals surface area contributed by atoms with E-state index in [0.717, 1.165) is 5.57 Å². The molecule has 1 aliphatic carbocycles. The first-order chi connectivity index (χ1) is 6.90. The fourth-order valence-corrected chi connectivity index (χ4v) is 3.17. The van der Waals surface area contributed by atoms with E-state index < -0.39 is 5.54 Å². The van der Waals surface area contributed by atoms with Gasteiger partial charge in [-0.1, -0.05) is 41.2 Å². The van der Waals surface area contributed by atoms with E-state index in [1.54, 1.807) is 0 Å². The quantitative estimate of drug-likeness (QED) is 0.623. The van der Waals surface area contributed by atoms with Gasteiger partial charge in [0, 0.05) is 5.92 Å². The van der Waals surface area contributed by atoms with Gasteiger partial charge < -0.3 is 5.73 Å². The van der Waals surface area contributed by atoms with Crippen LogP contribution in [0.25, 0.3) is 0 Å². The van der Waals surface area contributed by atoms with Gasteiger partial charge in [0.15, 0.2) is 0 Å². The molecule has 0 aromatic carbocycles. The largest absolute Gasteiger partial charge is 0.319 e. The molecule has 0 radical (unpaired) electrons. The molecule has 1 aliphatic rings. The minimum atomic E-state index is -0.741. The summed E-state index contributed by atoms with van der Waals surface area (Å²) in [5.41, 5.74) is 5.79. The van der Waals surface area contributed by atoms with Crippen LogP contribution in [0.1, 0.15) is 41.5 Å². The molecule has 0 fully saturated rings. The fraction of sp³-hybridized carbons (Fsp3) is 0.714. The monoisotopic (exact) mass is 225 g/mol. The van der Waals surface area contributed by atoms with Crippen molar-refractivity contribution in [3.8, 4) is 0 Å². The minimum absolute atomic E-state index is 0.102. The Bertz CT molecular complexity index is 342. The van der Waals surface area contributed by atoms with Crippen molar-refractivity contribution in [3.63, 3.8) is 0 Å². The maximum absolute atomic E-state index is 14.2. The average molecular weight is 225 g/mol. The Hall–Kier alpha value is -0.630. The third-order valence-corrected chi connectivity index (χ3v) is 3.73. The summed E-state index contributed by atoms with van der Waals surface area (Å²) in [6, 6.07) is 0. The van der Waals surface area contributed by atoms with E-state index in [0.29, 0.717) is 0 Å². The Morgan fingerprint density at radius 3 is 2.12 bits per heavy atom. The lowest BCUT2D eigenvalue weighted by molar-refractivity contribution is 0.107. The van der Waals surface area contributed by atoms with Gasteiger partial charge in [0.25, 0.3) is 0 Å². The molecule has 0 bridgehead atoms. The average Bonchev–Trinajstić information content (AvgIpc) is 1.95. The number of halogens is 1. The van der Waals surface area contributed by atoms with Crippen LogP contribution in [0, 0.1) is 16.7 Å². The number of hydrogen-bond donors (Lipinski definition) is 1. The smallest absolute Gasteiger partial charge is 0.103 e. The van der Waals surface area contributed by atoms with E-state index in [4.69, 9.17) is 5.73 Å². The predicted molar refractivity (Wildman–Crippen MR) is 67.6 cm³/mol. The highest BCUT2D eigenvalue weighted by molar-refractivity contribution is 5.37. The first-order valence-corrected chi connectivity index (χ1v) is 5.77. The van der Waals surface area contributed by atoms with Crippen molar-refractivity contribution in [2.24, 2.45) is 22.5 Å². The van der Waals surface area contributed by atoms with Crippen LogP contribution in [-0.2, 0) is 0 Å². The molecule has 0 spiro atoms. The minimum Gasteiger partial charge on any atom is -0.319 e. The molecule has 0 aliphatic heterocycles.